The first-order chi connectivity index (χ1) is 28.2. The van der Waals surface area contributed by atoms with Crippen molar-refractivity contribution in [2.24, 2.45) is 0 Å². The highest BCUT2D eigenvalue weighted by Crippen LogP contribution is 2.47. The van der Waals surface area contributed by atoms with Crippen LogP contribution in [0.5, 0.6) is 0 Å². The molecule has 2 heterocycles. The van der Waals surface area contributed by atoms with Gasteiger partial charge in [-0.2, -0.15) is 0 Å². The van der Waals surface area contributed by atoms with Crippen molar-refractivity contribution in [3.05, 3.63) is 188 Å². The monoisotopic (exact) mass is 741 g/mol. The summed E-state index contributed by atoms with van der Waals surface area (Å²) in [6, 6.07) is 67.4. The van der Waals surface area contributed by atoms with Crippen LogP contribution in [0.1, 0.15) is 0 Å². The second-order valence-corrected chi connectivity index (χ2v) is 15.8. The number of hydrogen-bond donors (Lipinski definition) is 0. The van der Waals surface area contributed by atoms with Crippen LogP contribution in [-0.4, -0.2) is 15.0 Å². The smallest absolute Gasteiger partial charge is 0.164 e. The Hall–Kier alpha value is -7.27. The van der Waals surface area contributed by atoms with E-state index in [1.165, 1.54) is 63.3 Å². The summed E-state index contributed by atoms with van der Waals surface area (Å²) in [5.41, 5.74) is 5.20. The average molecular weight is 742 g/mol. The fraction of sp³-hybridized carbons (Fsp3) is 0. The molecule has 0 aliphatic heterocycles. The van der Waals surface area contributed by atoms with Crippen molar-refractivity contribution in [2.45, 2.75) is 0 Å². The number of rotatable bonds is 4. The molecule has 0 saturated carbocycles. The Bertz CT molecular complexity index is 3590. The summed E-state index contributed by atoms with van der Waals surface area (Å²) in [6.45, 7) is 0. The maximum absolute atomic E-state index is 5.45. The van der Waals surface area contributed by atoms with Crippen molar-refractivity contribution in [1.82, 2.24) is 15.0 Å². The third-order valence-corrected chi connectivity index (χ3v) is 12.6. The SMILES string of the molecule is c1ccc(-c2cc(-c3nc(-c4ccc5ccccc5c4)nc(-c4cc5ccc6ccccc6c5c5sc6cc7ccccc7cc6c45)n3)cc3ccccc23)cc1. The van der Waals surface area contributed by atoms with E-state index < -0.39 is 0 Å². The molecule has 0 amide bonds. The van der Waals surface area contributed by atoms with E-state index in [-0.39, 0.29) is 0 Å². The molecule has 0 radical (unpaired) electrons. The Kier molecular flexibility index (Phi) is 7.10. The minimum Gasteiger partial charge on any atom is -0.208 e. The van der Waals surface area contributed by atoms with Crippen molar-refractivity contribution in [3.8, 4) is 45.3 Å². The highest BCUT2D eigenvalue weighted by atomic mass is 32.1. The number of aromatic nitrogens is 3. The molecule has 0 spiro atoms. The third kappa shape index (κ3) is 5.22. The van der Waals surface area contributed by atoms with E-state index in [2.05, 4.69) is 188 Å². The number of hydrogen-bond acceptors (Lipinski definition) is 4. The summed E-state index contributed by atoms with van der Waals surface area (Å²) < 4.78 is 2.49. The highest BCUT2D eigenvalue weighted by Gasteiger charge is 2.21. The predicted octanol–water partition coefficient (Wildman–Crippen LogP) is 14.7. The maximum Gasteiger partial charge on any atom is 0.164 e. The maximum atomic E-state index is 5.45. The molecular formula is C53H31N3S. The molecule has 0 unspecified atom stereocenters. The fourth-order valence-corrected chi connectivity index (χ4v) is 10.00. The molecule has 0 aliphatic rings. The van der Waals surface area contributed by atoms with Crippen LogP contribution in [0, 0.1) is 0 Å². The van der Waals surface area contributed by atoms with Gasteiger partial charge in [-0.15, -0.1) is 11.3 Å². The Balaban J connectivity index is 1.20. The van der Waals surface area contributed by atoms with Gasteiger partial charge in [-0.1, -0.05) is 152 Å². The van der Waals surface area contributed by atoms with E-state index >= 15 is 0 Å². The number of fused-ring (bicyclic) bond motifs is 10. The van der Waals surface area contributed by atoms with Gasteiger partial charge in [-0.25, -0.2) is 15.0 Å². The molecule has 2 aromatic heterocycles. The summed E-state index contributed by atoms with van der Waals surface area (Å²) in [5, 5.41) is 14.4. The topological polar surface area (TPSA) is 38.7 Å². The summed E-state index contributed by atoms with van der Waals surface area (Å²) in [7, 11) is 0. The molecule has 0 bridgehead atoms. The molecular weight excluding hydrogens is 711 g/mol. The normalized spacial score (nSPS) is 11.9. The number of nitrogens with zero attached hydrogens (tertiary/aromatic N) is 3. The van der Waals surface area contributed by atoms with Gasteiger partial charge in [0.25, 0.3) is 0 Å². The molecule has 0 atom stereocenters. The molecule has 0 fully saturated rings. The standard InChI is InChI=1S/C53H31N3S/c1-2-13-33(14-3-1)44-30-41(27-38-19-9-10-20-42(38)44)52-54-51(40-25-22-32-12-4-5-16-35(32)26-40)55-53(56-52)46-29-39-24-23-34-15-8-11-21-43(34)48(39)50-49(46)45-28-36-17-6-7-18-37(36)31-47(45)57-50/h1-31H. The van der Waals surface area contributed by atoms with Crippen molar-refractivity contribution in [2.75, 3.05) is 0 Å². The lowest BCUT2D eigenvalue weighted by Crippen LogP contribution is -2.01. The first-order valence-electron chi connectivity index (χ1n) is 19.3. The lowest BCUT2D eigenvalue weighted by atomic mass is 9.94. The first kappa shape index (κ1) is 32.0. The molecule has 12 aromatic rings. The molecule has 57 heavy (non-hydrogen) atoms. The zero-order valence-corrected chi connectivity index (χ0v) is 31.5. The Morgan fingerprint density at radius 1 is 0.298 bits per heavy atom. The zero-order chi connectivity index (χ0) is 37.5. The largest absolute Gasteiger partial charge is 0.208 e. The Morgan fingerprint density at radius 2 is 0.877 bits per heavy atom. The third-order valence-electron chi connectivity index (χ3n) is 11.4. The molecule has 0 N–H and O–H groups in total. The van der Waals surface area contributed by atoms with Gasteiger partial charge >= 0.3 is 0 Å². The Morgan fingerprint density at radius 3 is 1.68 bits per heavy atom. The van der Waals surface area contributed by atoms with E-state index in [0.29, 0.717) is 17.5 Å². The van der Waals surface area contributed by atoms with Crippen LogP contribution >= 0.6 is 11.3 Å². The quantitative estimate of drug-likeness (QED) is 0.169. The molecule has 0 aliphatic carbocycles. The van der Waals surface area contributed by atoms with E-state index in [1.807, 2.05) is 11.3 Å². The summed E-state index contributed by atoms with van der Waals surface area (Å²) >= 11 is 1.86. The average Bonchev–Trinajstić information content (AvgIpc) is 3.65. The molecule has 4 heteroatoms. The van der Waals surface area contributed by atoms with Crippen LogP contribution in [0.25, 0.3) is 119 Å². The van der Waals surface area contributed by atoms with Crippen molar-refractivity contribution in [3.63, 3.8) is 0 Å². The summed E-state index contributed by atoms with van der Waals surface area (Å²) in [5.74, 6) is 1.94. The minimum absolute atomic E-state index is 0.642. The van der Waals surface area contributed by atoms with E-state index in [0.717, 1.165) is 38.6 Å². The fourth-order valence-electron chi connectivity index (χ4n) is 8.67. The first-order valence-corrected chi connectivity index (χ1v) is 20.1. The number of benzene rings is 10. The molecule has 3 nitrogen and oxygen atoms in total. The van der Waals surface area contributed by atoms with Gasteiger partial charge in [0.05, 0.1) is 0 Å². The van der Waals surface area contributed by atoms with E-state index in [9.17, 15) is 0 Å². The van der Waals surface area contributed by atoms with E-state index in [1.54, 1.807) is 0 Å². The van der Waals surface area contributed by atoms with Crippen molar-refractivity contribution >= 4 is 85.4 Å². The van der Waals surface area contributed by atoms with Gasteiger partial charge in [-0.3, -0.25) is 0 Å². The van der Waals surface area contributed by atoms with Gasteiger partial charge in [0.15, 0.2) is 17.5 Å². The number of thiophene rings is 1. The summed E-state index contributed by atoms with van der Waals surface area (Å²) in [4.78, 5) is 16.2. The minimum atomic E-state index is 0.642. The van der Waals surface area contributed by atoms with Gasteiger partial charge in [0, 0.05) is 42.2 Å². The Labute approximate surface area is 332 Å². The second-order valence-electron chi connectivity index (χ2n) is 14.8. The van der Waals surface area contributed by atoms with Gasteiger partial charge in [-0.05, 0) is 96.0 Å². The van der Waals surface area contributed by atoms with Gasteiger partial charge in [0.1, 0.15) is 0 Å². The van der Waals surface area contributed by atoms with Crippen LogP contribution in [0.2, 0.25) is 0 Å². The van der Waals surface area contributed by atoms with E-state index in [4.69, 9.17) is 15.0 Å². The van der Waals surface area contributed by atoms with Crippen LogP contribution in [0.4, 0.5) is 0 Å². The molecule has 264 valence electrons. The lowest BCUT2D eigenvalue weighted by Gasteiger charge is -2.14. The van der Waals surface area contributed by atoms with Crippen LogP contribution in [0.15, 0.2) is 188 Å². The lowest BCUT2D eigenvalue weighted by molar-refractivity contribution is 1.08. The second kappa shape index (κ2) is 12.6. The summed E-state index contributed by atoms with van der Waals surface area (Å²) in [6.07, 6.45) is 0. The molecule has 0 saturated heterocycles. The van der Waals surface area contributed by atoms with Gasteiger partial charge in [0.2, 0.25) is 0 Å². The van der Waals surface area contributed by atoms with Crippen LogP contribution < -0.4 is 0 Å². The van der Waals surface area contributed by atoms with Crippen LogP contribution in [-0.2, 0) is 0 Å². The van der Waals surface area contributed by atoms with Gasteiger partial charge < -0.3 is 0 Å². The predicted molar refractivity (Wildman–Crippen MR) is 242 cm³/mol. The zero-order valence-electron chi connectivity index (χ0n) is 30.6. The van der Waals surface area contributed by atoms with Crippen molar-refractivity contribution < 1.29 is 0 Å². The highest BCUT2D eigenvalue weighted by molar-refractivity contribution is 7.27. The van der Waals surface area contributed by atoms with Crippen LogP contribution in [0.3, 0.4) is 0 Å². The molecule has 10 aromatic carbocycles. The van der Waals surface area contributed by atoms with Crippen molar-refractivity contribution in [1.29, 1.82) is 0 Å². The molecule has 12 rings (SSSR count).